The van der Waals surface area contributed by atoms with Gasteiger partial charge in [-0.1, -0.05) is 13.3 Å². The summed E-state index contributed by atoms with van der Waals surface area (Å²) in [6, 6.07) is 0. The van der Waals surface area contributed by atoms with Crippen molar-refractivity contribution in [3.8, 4) is 0 Å². The second-order valence-electron chi connectivity index (χ2n) is 4.17. The smallest absolute Gasteiger partial charge is 0.00647 e. The molecule has 3 unspecified atom stereocenters. The first-order chi connectivity index (χ1) is 5.38. The Morgan fingerprint density at radius 3 is 2.73 bits per heavy atom. The Morgan fingerprint density at radius 2 is 1.82 bits per heavy atom. The van der Waals surface area contributed by atoms with Gasteiger partial charge in [-0.2, -0.15) is 11.8 Å². The van der Waals surface area contributed by atoms with Crippen molar-refractivity contribution in [1.29, 1.82) is 0 Å². The molecule has 2 rings (SSSR count). The molecule has 1 aliphatic heterocycles. The van der Waals surface area contributed by atoms with Crippen molar-refractivity contribution in [3.63, 3.8) is 0 Å². The molecule has 64 valence electrons. The molecule has 2 fully saturated rings. The van der Waals surface area contributed by atoms with Crippen molar-refractivity contribution in [2.45, 2.75) is 32.6 Å². The molecule has 0 aromatic carbocycles. The SMILES string of the molecule is CC1CCC2CCSCCC12. The molecule has 11 heavy (non-hydrogen) atoms. The van der Waals surface area contributed by atoms with E-state index in [1.165, 1.54) is 37.2 Å². The molecule has 0 aromatic rings. The van der Waals surface area contributed by atoms with E-state index in [-0.39, 0.29) is 0 Å². The lowest BCUT2D eigenvalue weighted by atomic mass is 9.87. The molecule has 1 saturated carbocycles. The molecule has 1 saturated heterocycles. The summed E-state index contributed by atoms with van der Waals surface area (Å²) < 4.78 is 0. The van der Waals surface area contributed by atoms with E-state index in [0.717, 1.165) is 17.8 Å². The maximum atomic E-state index is 2.46. The summed E-state index contributed by atoms with van der Waals surface area (Å²) in [7, 11) is 0. The van der Waals surface area contributed by atoms with Crippen LogP contribution in [0.5, 0.6) is 0 Å². The van der Waals surface area contributed by atoms with Gasteiger partial charge in [0, 0.05) is 0 Å². The lowest BCUT2D eigenvalue weighted by molar-refractivity contribution is 0.318. The van der Waals surface area contributed by atoms with Crippen LogP contribution in [0.25, 0.3) is 0 Å². The van der Waals surface area contributed by atoms with Crippen molar-refractivity contribution in [3.05, 3.63) is 0 Å². The summed E-state index contributed by atoms with van der Waals surface area (Å²) in [5, 5.41) is 0. The highest BCUT2D eigenvalue weighted by atomic mass is 32.2. The van der Waals surface area contributed by atoms with Crippen LogP contribution in [0.4, 0.5) is 0 Å². The number of hydrogen-bond donors (Lipinski definition) is 0. The average Bonchev–Trinajstić information content (AvgIpc) is 2.25. The van der Waals surface area contributed by atoms with Crippen LogP contribution >= 0.6 is 11.8 Å². The highest BCUT2D eigenvalue weighted by Gasteiger charge is 2.33. The first-order valence-electron chi connectivity index (χ1n) is 4.95. The van der Waals surface area contributed by atoms with E-state index in [9.17, 15) is 0 Å². The van der Waals surface area contributed by atoms with Gasteiger partial charge < -0.3 is 0 Å². The highest BCUT2D eigenvalue weighted by Crippen LogP contribution is 2.43. The zero-order valence-electron chi connectivity index (χ0n) is 7.38. The van der Waals surface area contributed by atoms with Crippen molar-refractivity contribution in [1.82, 2.24) is 0 Å². The van der Waals surface area contributed by atoms with Crippen LogP contribution in [0.2, 0.25) is 0 Å². The van der Waals surface area contributed by atoms with Gasteiger partial charge in [-0.05, 0) is 48.5 Å². The van der Waals surface area contributed by atoms with Crippen LogP contribution in [0, 0.1) is 17.8 Å². The Hall–Kier alpha value is 0.350. The van der Waals surface area contributed by atoms with Crippen LogP contribution in [-0.4, -0.2) is 11.5 Å². The van der Waals surface area contributed by atoms with Gasteiger partial charge in [0.15, 0.2) is 0 Å². The maximum Gasteiger partial charge on any atom is -0.00647 e. The van der Waals surface area contributed by atoms with E-state index in [2.05, 4.69) is 18.7 Å². The number of thioether (sulfide) groups is 1. The molecule has 3 atom stereocenters. The Kier molecular flexibility index (Phi) is 2.45. The zero-order chi connectivity index (χ0) is 7.68. The van der Waals surface area contributed by atoms with Gasteiger partial charge in [-0.15, -0.1) is 0 Å². The lowest BCUT2D eigenvalue weighted by Crippen LogP contribution is -2.12. The standard InChI is InChI=1S/C10H18S/c1-8-2-3-9-4-6-11-7-5-10(8)9/h8-10H,2-7H2,1H3. The number of rotatable bonds is 0. The quantitative estimate of drug-likeness (QED) is 0.538. The molecule has 0 aromatic heterocycles. The van der Waals surface area contributed by atoms with Gasteiger partial charge in [0.05, 0.1) is 0 Å². The summed E-state index contributed by atoms with van der Waals surface area (Å²) in [5.74, 6) is 6.13. The molecule has 1 aliphatic carbocycles. The largest absolute Gasteiger partial charge is 0.162 e. The second-order valence-corrected chi connectivity index (χ2v) is 5.39. The summed E-state index contributed by atoms with van der Waals surface area (Å²) in [6.45, 7) is 2.46. The van der Waals surface area contributed by atoms with Gasteiger partial charge in [0.25, 0.3) is 0 Å². The summed E-state index contributed by atoms with van der Waals surface area (Å²) in [6.07, 6.45) is 6.07. The van der Waals surface area contributed by atoms with Crippen LogP contribution < -0.4 is 0 Å². The summed E-state index contributed by atoms with van der Waals surface area (Å²) in [4.78, 5) is 0. The molecule has 0 amide bonds. The Morgan fingerprint density at radius 1 is 1.00 bits per heavy atom. The Balaban J connectivity index is 2.00. The van der Waals surface area contributed by atoms with Gasteiger partial charge in [0.1, 0.15) is 0 Å². The third-order valence-corrected chi connectivity index (χ3v) is 4.61. The monoisotopic (exact) mass is 170 g/mol. The predicted molar refractivity (Wildman–Crippen MR) is 51.9 cm³/mol. The second kappa shape index (κ2) is 3.38. The van der Waals surface area contributed by atoms with Crippen LogP contribution in [0.3, 0.4) is 0 Å². The molecule has 0 nitrogen and oxygen atoms in total. The number of hydrogen-bond acceptors (Lipinski definition) is 1. The van der Waals surface area contributed by atoms with E-state index < -0.39 is 0 Å². The molecule has 0 bridgehead atoms. The van der Waals surface area contributed by atoms with E-state index in [1.54, 1.807) is 0 Å². The van der Waals surface area contributed by atoms with Crippen molar-refractivity contribution >= 4 is 11.8 Å². The highest BCUT2D eigenvalue weighted by molar-refractivity contribution is 7.99. The third-order valence-electron chi connectivity index (χ3n) is 3.56. The fraction of sp³-hybridized carbons (Fsp3) is 1.00. The molecule has 1 heterocycles. The van der Waals surface area contributed by atoms with Gasteiger partial charge in [0.2, 0.25) is 0 Å². The predicted octanol–water partition coefficient (Wildman–Crippen LogP) is 3.18. The minimum Gasteiger partial charge on any atom is -0.162 e. The normalized spacial score (nSPS) is 45.0. The van der Waals surface area contributed by atoms with Crippen LogP contribution in [-0.2, 0) is 0 Å². The average molecular weight is 170 g/mol. The van der Waals surface area contributed by atoms with Gasteiger partial charge in [-0.25, -0.2) is 0 Å². The molecular weight excluding hydrogens is 152 g/mol. The van der Waals surface area contributed by atoms with E-state index in [0.29, 0.717) is 0 Å². The first-order valence-corrected chi connectivity index (χ1v) is 6.11. The third kappa shape index (κ3) is 1.58. The summed E-state index contributed by atoms with van der Waals surface area (Å²) >= 11 is 2.17. The minimum atomic E-state index is 1.04. The molecule has 0 radical (unpaired) electrons. The van der Waals surface area contributed by atoms with Crippen LogP contribution in [0.1, 0.15) is 32.6 Å². The Labute approximate surface area is 74.1 Å². The first kappa shape index (κ1) is 7.97. The van der Waals surface area contributed by atoms with Crippen molar-refractivity contribution in [2.75, 3.05) is 11.5 Å². The topological polar surface area (TPSA) is 0 Å². The maximum absolute atomic E-state index is 2.46. The van der Waals surface area contributed by atoms with Crippen molar-refractivity contribution in [2.24, 2.45) is 17.8 Å². The fourth-order valence-electron chi connectivity index (χ4n) is 2.80. The van der Waals surface area contributed by atoms with E-state index >= 15 is 0 Å². The molecule has 0 spiro atoms. The lowest BCUT2D eigenvalue weighted by Gasteiger charge is -2.18. The Bertz CT molecular complexity index is 133. The van der Waals surface area contributed by atoms with E-state index in [4.69, 9.17) is 0 Å². The van der Waals surface area contributed by atoms with Crippen molar-refractivity contribution < 1.29 is 0 Å². The zero-order valence-corrected chi connectivity index (χ0v) is 8.20. The van der Waals surface area contributed by atoms with Gasteiger partial charge >= 0.3 is 0 Å². The minimum absolute atomic E-state index is 1.04. The molecule has 0 N–H and O–H groups in total. The fourth-order valence-corrected chi connectivity index (χ4v) is 3.92. The van der Waals surface area contributed by atoms with E-state index in [1.807, 2.05) is 0 Å². The number of fused-ring (bicyclic) bond motifs is 1. The summed E-state index contributed by atoms with van der Waals surface area (Å²) in [5.41, 5.74) is 0. The van der Waals surface area contributed by atoms with Crippen LogP contribution in [0.15, 0.2) is 0 Å². The molecule has 1 heteroatoms. The molecule has 2 aliphatic rings. The van der Waals surface area contributed by atoms with Gasteiger partial charge in [-0.3, -0.25) is 0 Å². The molecular formula is C10H18S.